The van der Waals surface area contributed by atoms with Gasteiger partial charge in [-0.3, -0.25) is 0 Å². The van der Waals surface area contributed by atoms with Crippen molar-refractivity contribution in [1.82, 2.24) is 0 Å². The zero-order chi connectivity index (χ0) is 14.4. The van der Waals surface area contributed by atoms with E-state index >= 15 is 0 Å². The monoisotopic (exact) mass is 288 g/mol. The zero-order valence-electron chi connectivity index (χ0n) is 12.4. The fourth-order valence-corrected chi connectivity index (χ4v) is 3.24. The number of hydrogen-bond acceptors (Lipinski definition) is 2. The molecule has 108 valence electrons. The average molecular weight is 288 g/mol. The molecule has 1 aromatic heterocycles. The van der Waals surface area contributed by atoms with E-state index in [9.17, 15) is 5.11 Å². The first-order valence-corrected chi connectivity index (χ1v) is 8.30. The summed E-state index contributed by atoms with van der Waals surface area (Å²) in [6.45, 7) is 4.01. The molecule has 1 heterocycles. The van der Waals surface area contributed by atoms with E-state index in [1.54, 1.807) is 0 Å². The highest BCUT2D eigenvalue weighted by Crippen LogP contribution is 2.27. The molecule has 0 radical (unpaired) electrons. The Kier molecular flexibility index (Phi) is 5.81. The summed E-state index contributed by atoms with van der Waals surface area (Å²) in [5.41, 5.74) is 2.74. The van der Waals surface area contributed by atoms with Crippen LogP contribution >= 0.6 is 11.3 Å². The molecule has 1 N–H and O–H groups in total. The van der Waals surface area contributed by atoms with Gasteiger partial charge in [0.1, 0.15) is 0 Å². The van der Waals surface area contributed by atoms with Crippen molar-refractivity contribution in [2.45, 2.75) is 52.1 Å². The highest BCUT2D eigenvalue weighted by Gasteiger charge is 2.01. The topological polar surface area (TPSA) is 20.2 Å². The summed E-state index contributed by atoms with van der Waals surface area (Å²) in [6, 6.07) is 13.3. The van der Waals surface area contributed by atoms with E-state index in [4.69, 9.17) is 0 Å². The van der Waals surface area contributed by atoms with Gasteiger partial charge in [0.2, 0.25) is 0 Å². The molecule has 0 aliphatic rings. The highest BCUT2D eigenvalue weighted by molar-refractivity contribution is 7.15. The van der Waals surface area contributed by atoms with Crippen LogP contribution in [0.25, 0.3) is 10.4 Å². The molecule has 0 amide bonds. The van der Waals surface area contributed by atoms with Gasteiger partial charge in [-0.25, -0.2) is 0 Å². The molecule has 0 saturated heterocycles. The first kappa shape index (κ1) is 15.3. The van der Waals surface area contributed by atoms with Crippen LogP contribution in [0.15, 0.2) is 36.4 Å². The van der Waals surface area contributed by atoms with E-state index in [0.29, 0.717) is 0 Å². The van der Waals surface area contributed by atoms with Crippen molar-refractivity contribution < 1.29 is 5.11 Å². The highest BCUT2D eigenvalue weighted by atomic mass is 32.1. The minimum atomic E-state index is -0.150. The van der Waals surface area contributed by atoms with E-state index in [1.165, 1.54) is 33.7 Å². The fraction of sp³-hybridized carbons (Fsp3) is 0.444. The Morgan fingerprint density at radius 1 is 1.00 bits per heavy atom. The lowest BCUT2D eigenvalue weighted by molar-refractivity contribution is 0.180. The lowest BCUT2D eigenvalue weighted by atomic mass is 10.0. The molecule has 0 aliphatic carbocycles. The summed E-state index contributed by atoms with van der Waals surface area (Å²) in [6.07, 6.45) is 5.47. The molecule has 0 bridgehead atoms. The largest absolute Gasteiger partial charge is 0.393 e. The summed E-state index contributed by atoms with van der Waals surface area (Å²) in [5, 5.41) is 9.21. The smallest absolute Gasteiger partial charge is 0.0512 e. The van der Waals surface area contributed by atoms with Crippen LogP contribution in [0.1, 0.15) is 43.0 Å². The maximum atomic E-state index is 9.21. The number of thiophene rings is 1. The van der Waals surface area contributed by atoms with Gasteiger partial charge in [-0.05, 0) is 56.4 Å². The summed E-state index contributed by atoms with van der Waals surface area (Å²) in [7, 11) is 0. The quantitative estimate of drug-likeness (QED) is 0.694. The van der Waals surface area contributed by atoms with Crippen molar-refractivity contribution in [3.8, 4) is 10.4 Å². The third-order valence-corrected chi connectivity index (χ3v) is 4.62. The van der Waals surface area contributed by atoms with Crippen LogP contribution < -0.4 is 0 Å². The summed E-state index contributed by atoms with van der Waals surface area (Å²) < 4.78 is 0. The normalized spacial score (nSPS) is 12.6. The third kappa shape index (κ3) is 4.77. The van der Waals surface area contributed by atoms with Gasteiger partial charge in [0.05, 0.1) is 6.10 Å². The number of hydrogen-bond donors (Lipinski definition) is 1. The second kappa shape index (κ2) is 7.61. The zero-order valence-corrected chi connectivity index (χ0v) is 13.2. The van der Waals surface area contributed by atoms with Gasteiger partial charge >= 0.3 is 0 Å². The number of aliphatic hydroxyl groups excluding tert-OH is 1. The molecule has 2 rings (SSSR count). The minimum absolute atomic E-state index is 0.150. The summed E-state index contributed by atoms with van der Waals surface area (Å²) in [4.78, 5) is 2.72. The van der Waals surface area contributed by atoms with Crippen LogP contribution in [0.2, 0.25) is 0 Å². The van der Waals surface area contributed by atoms with Crippen LogP contribution in [0.3, 0.4) is 0 Å². The van der Waals surface area contributed by atoms with Crippen LogP contribution in [0.5, 0.6) is 0 Å². The molecular formula is C18H24OS. The SMILES string of the molecule is Cc1ccc(-c2ccc(CCCCCC(C)O)cc2)s1. The van der Waals surface area contributed by atoms with Gasteiger partial charge in [-0.1, -0.05) is 37.1 Å². The second-order valence-corrected chi connectivity index (χ2v) is 6.84. The van der Waals surface area contributed by atoms with Crippen LogP contribution in [0, 0.1) is 6.92 Å². The molecule has 0 saturated carbocycles. The summed E-state index contributed by atoms with van der Waals surface area (Å²) >= 11 is 1.85. The average Bonchev–Trinajstić information content (AvgIpc) is 2.85. The molecule has 2 heteroatoms. The Balaban J connectivity index is 1.80. The number of rotatable bonds is 7. The van der Waals surface area contributed by atoms with Gasteiger partial charge in [-0.2, -0.15) is 0 Å². The van der Waals surface area contributed by atoms with Crippen molar-refractivity contribution in [3.63, 3.8) is 0 Å². The first-order valence-electron chi connectivity index (χ1n) is 7.49. The summed E-state index contributed by atoms with van der Waals surface area (Å²) in [5.74, 6) is 0. The molecule has 1 atom stereocenters. The van der Waals surface area contributed by atoms with E-state index in [0.717, 1.165) is 19.3 Å². The van der Waals surface area contributed by atoms with Gasteiger partial charge < -0.3 is 5.11 Å². The Bertz CT molecular complexity index is 510. The van der Waals surface area contributed by atoms with E-state index in [2.05, 4.69) is 43.3 Å². The first-order chi connectivity index (χ1) is 9.65. The van der Waals surface area contributed by atoms with Crippen molar-refractivity contribution in [3.05, 3.63) is 46.8 Å². The predicted octanol–water partition coefficient (Wildman–Crippen LogP) is 5.21. The van der Waals surface area contributed by atoms with Crippen molar-refractivity contribution in [1.29, 1.82) is 0 Å². The van der Waals surface area contributed by atoms with Gasteiger partial charge in [0.15, 0.2) is 0 Å². The Morgan fingerprint density at radius 3 is 2.35 bits per heavy atom. The fourth-order valence-electron chi connectivity index (χ4n) is 2.37. The van der Waals surface area contributed by atoms with Crippen LogP contribution in [0.4, 0.5) is 0 Å². The molecule has 0 fully saturated rings. The molecule has 1 unspecified atom stereocenters. The Hall–Kier alpha value is -1.12. The van der Waals surface area contributed by atoms with E-state index in [1.807, 2.05) is 18.3 Å². The van der Waals surface area contributed by atoms with Crippen LogP contribution in [-0.2, 0) is 6.42 Å². The second-order valence-electron chi connectivity index (χ2n) is 5.56. The van der Waals surface area contributed by atoms with Gasteiger partial charge in [0.25, 0.3) is 0 Å². The number of aliphatic hydroxyl groups is 1. The van der Waals surface area contributed by atoms with Crippen LogP contribution in [-0.4, -0.2) is 11.2 Å². The molecular weight excluding hydrogens is 264 g/mol. The standard InChI is InChI=1S/C18H24OS/c1-14(19)6-4-3-5-7-16-9-11-17(12-10-16)18-13-8-15(2)20-18/h8-14,19H,3-7H2,1-2H3. The number of unbranched alkanes of at least 4 members (excludes halogenated alkanes) is 2. The van der Waals surface area contributed by atoms with Gasteiger partial charge in [0, 0.05) is 9.75 Å². The lowest BCUT2D eigenvalue weighted by Gasteiger charge is -2.05. The van der Waals surface area contributed by atoms with Gasteiger partial charge in [-0.15, -0.1) is 11.3 Å². The van der Waals surface area contributed by atoms with E-state index < -0.39 is 0 Å². The minimum Gasteiger partial charge on any atom is -0.393 e. The maximum Gasteiger partial charge on any atom is 0.0512 e. The molecule has 0 spiro atoms. The van der Waals surface area contributed by atoms with Crippen molar-refractivity contribution >= 4 is 11.3 Å². The predicted molar refractivity (Wildman–Crippen MR) is 88.3 cm³/mol. The lowest BCUT2D eigenvalue weighted by Crippen LogP contribution is -1.98. The number of aryl methyl sites for hydroxylation is 2. The van der Waals surface area contributed by atoms with Crippen molar-refractivity contribution in [2.24, 2.45) is 0 Å². The van der Waals surface area contributed by atoms with Crippen molar-refractivity contribution in [2.75, 3.05) is 0 Å². The third-order valence-electron chi connectivity index (χ3n) is 3.57. The Morgan fingerprint density at radius 2 is 1.75 bits per heavy atom. The molecule has 20 heavy (non-hydrogen) atoms. The maximum absolute atomic E-state index is 9.21. The Labute approximate surface area is 126 Å². The molecule has 1 aromatic carbocycles. The molecule has 0 aliphatic heterocycles. The number of benzene rings is 1. The van der Waals surface area contributed by atoms with E-state index in [-0.39, 0.29) is 6.10 Å². The molecule has 1 nitrogen and oxygen atoms in total. The molecule has 2 aromatic rings.